The monoisotopic (exact) mass is 412 g/mol. The number of aromatic nitrogens is 3. The first-order chi connectivity index (χ1) is 13.9. The summed E-state index contributed by atoms with van der Waals surface area (Å²) in [5, 5.41) is 8.88. The number of benzene rings is 2. The Morgan fingerprint density at radius 2 is 1.69 bits per heavy atom. The summed E-state index contributed by atoms with van der Waals surface area (Å²) in [5.41, 5.74) is 2.63. The number of ketones is 1. The molecule has 1 heterocycles. The van der Waals surface area contributed by atoms with Gasteiger partial charge in [-0.1, -0.05) is 11.8 Å². The number of nitrogens with zero attached hydrogens (tertiary/aromatic N) is 4. The number of carbonyl (C=O) groups is 1. The van der Waals surface area contributed by atoms with Crippen molar-refractivity contribution in [3.8, 4) is 11.4 Å². The molecule has 0 radical (unpaired) electrons. The summed E-state index contributed by atoms with van der Waals surface area (Å²) in [5.74, 6) is 0.329. The molecular weight excluding hydrogens is 387 g/mol. The number of rotatable bonds is 8. The molecule has 0 N–H and O–H groups in total. The second kappa shape index (κ2) is 9.22. The molecular formula is C22H25FN4OS. The first kappa shape index (κ1) is 21.0. The van der Waals surface area contributed by atoms with E-state index in [2.05, 4.69) is 41.1 Å². The average Bonchev–Trinajstić information content (AvgIpc) is 3.09. The van der Waals surface area contributed by atoms with Gasteiger partial charge in [-0.25, -0.2) is 4.39 Å². The van der Waals surface area contributed by atoms with Crippen LogP contribution in [0.1, 0.15) is 31.1 Å². The lowest BCUT2D eigenvalue weighted by molar-refractivity contribution is 0.0994. The highest BCUT2D eigenvalue weighted by atomic mass is 32.2. The molecule has 0 saturated heterocycles. The zero-order valence-electron chi connectivity index (χ0n) is 17.1. The van der Waals surface area contributed by atoms with Crippen LogP contribution in [0, 0.1) is 5.82 Å². The Bertz CT molecular complexity index is 965. The summed E-state index contributed by atoms with van der Waals surface area (Å²) >= 11 is 1.35. The van der Waals surface area contributed by atoms with Gasteiger partial charge >= 0.3 is 0 Å². The SMILES string of the molecule is CCN(CC)c1ccc(-c2nnc(SC(C)C(=O)c3ccc(F)cc3)n2C)cc1. The van der Waals surface area contributed by atoms with Crippen LogP contribution in [0.2, 0.25) is 0 Å². The van der Waals surface area contributed by atoms with Crippen molar-refractivity contribution in [2.24, 2.45) is 7.05 Å². The van der Waals surface area contributed by atoms with E-state index in [0.717, 1.165) is 24.5 Å². The maximum absolute atomic E-state index is 13.1. The van der Waals surface area contributed by atoms with E-state index in [0.29, 0.717) is 10.7 Å². The first-order valence-electron chi connectivity index (χ1n) is 9.65. The van der Waals surface area contributed by atoms with Gasteiger partial charge in [0.25, 0.3) is 0 Å². The number of halogens is 1. The molecule has 0 fully saturated rings. The molecule has 1 aromatic heterocycles. The zero-order valence-corrected chi connectivity index (χ0v) is 17.9. The summed E-state index contributed by atoms with van der Waals surface area (Å²) in [6, 6.07) is 13.9. The summed E-state index contributed by atoms with van der Waals surface area (Å²) in [6.45, 7) is 8.01. The third-order valence-corrected chi connectivity index (χ3v) is 6.00. The molecule has 1 atom stereocenters. The van der Waals surface area contributed by atoms with E-state index in [9.17, 15) is 9.18 Å². The lowest BCUT2D eigenvalue weighted by Crippen LogP contribution is -2.21. The Morgan fingerprint density at radius 1 is 1.07 bits per heavy atom. The lowest BCUT2D eigenvalue weighted by Gasteiger charge is -2.21. The topological polar surface area (TPSA) is 51.0 Å². The molecule has 29 heavy (non-hydrogen) atoms. The van der Waals surface area contributed by atoms with E-state index in [1.807, 2.05) is 30.7 Å². The molecule has 0 amide bonds. The van der Waals surface area contributed by atoms with Crippen molar-refractivity contribution in [1.29, 1.82) is 0 Å². The number of hydrogen-bond acceptors (Lipinski definition) is 5. The summed E-state index contributed by atoms with van der Waals surface area (Å²) < 4.78 is 15.0. The van der Waals surface area contributed by atoms with Gasteiger partial charge in [-0.3, -0.25) is 4.79 Å². The molecule has 152 valence electrons. The van der Waals surface area contributed by atoms with Crippen LogP contribution in [-0.4, -0.2) is 38.9 Å². The molecule has 5 nitrogen and oxygen atoms in total. The van der Waals surface area contributed by atoms with E-state index in [1.165, 1.54) is 41.7 Å². The number of anilines is 1. The minimum atomic E-state index is -0.360. The maximum atomic E-state index is 13.1. The van der Waals surface area contributed by atoms with Crippen molar-refractivity contribution in [2.45, 2.75) is 31.2 Å². The van der Waals surface area contributed by atoms with Crippen molar-refractivity contribution in [1.82, 2.24) is 14.8 Å². The third kappa shape index (κ3) is 4.67. The molecule has 1 unspecified atom stereocenters. The largest absolute Gasteiger partial charge is 0.372 e. The van der Waals surface area contributed by atoms with Gasteiger partial charge in [0, 0.05) is 37.0 Å². The van der Waals surface area contributed by atoms with Gasteiger partial charge < -0.3 is 9.47 Å². The van der Waals surface area contributed by atoms with Gasteiger partial charge in [0.2, 0.25) is 0 Å². The van der Waals surface area contributed by atoms with Gasteiger partial charge in [-0.05, 0) is 69.3 Å². The Balaban J connectivity index is 1.75. The van der Waals surface area contributed by atoms with Crippen LogP contribution in [0.15, 0.2) is 53.7 Å². The van der Waals surface area contributed by atoms with E-state index >= 15 is 0 Å². The van der Waals surface area contributed by atoms with Crippen LogP contribution < -0.4 is 4.90 Å². The van der Waals surface area contributed by atoms with E-state index < -0.39 is 0 Å². The van der Waals surface area contributed by atoms with Crippen LogP contribution >= 0.6 is 11.8 Å². The van der Waals surface area contributed by atoms with Crippen LogP contribution in [-0.2, 0) is 7.05 Å². The predicted octanol–water partition coefficient (Wildman–Crippen LogP) is 4.83. The second-order valence-electron chi connectivity index (χ2n) is 6.72. The highest BCUT2D eigenvalue weighted by Gasteiger charge is 2.20. The molecule has 7 heteroatoms. The predicted molar refractivity (Wildman–Crippen MR) is 116 cm³/mol. The fraction of sp³-hybridized carbons (Fsp3) is 0.318. The van der Waals surface area contributed by atoms with Crippen LogP contribution in [0.5, 0.6) is 0 Å². The molecule has 0 aliphatic rings. The number of hydrogen-bond donors (Lipinski definition) is 0. The molecule has 0 saturated carbocycles. The lowest BCUT2D eigenvalue weighted by atomic mass is 10.1. The van der Waals surface area contributed by atoms with Crippen LogP contribution in [0.3, 0.4) is 0 Å². The Morgan fingerprint density at radius 3 is 2.28 bits per heavy atom. The third-order valence-electron chi connectivity index (χ3n) is 4.87. The van der Waals surface area contributed by atoms with Crippen molar-refractivity contribution < 1.29 is 9.18 Å². The highest BCUT2D eigenvalue weighted by molar-refractivity contribution is 8.00. The fourth-order valence-corrected chi connectivity index (χ4v) is 4.03. The summed E-state index contributed by atoms with van der Waals surface area (Å²) in [7, 11) is 1.89. The Kier molecular flexibility index (Phi) is 6.69. The zero-order chi connectivity index (χ0) is 21.0. The van der Waals surface area contributed by atoms with Crippen molar-refractivity contribution in [3.63, 3.8) is 0 Å². The molecule has 0 aliphatic heterocycles. The molecule has 0 spiro atoms. The van der Waals surface area contributed by atoms with E-state index in [4.69, 9.17) is 0 Å². The quantitative estimate of drug-likeness (QED) is 0.392. The molecule has 0 aliphatic carbocycles. The minimum Gasteiger partial charge on any atom is -0.372 e. The smallest absolute Gasteiger partial charge is 0.191 e. The van der Waals surface area contributed by atoms with E-state index in [1.54, 1.807) is 0 Å². The number of thioether (sulfide) groups is 1. The first-order valence-corrected chi connectivity index (χ1v) is 10.5. The molecule has 0 bridgehead atoms. The van der Waals surface area contributed by atoms with Gasteiger partial charge in [0.1, 0.15) is 5.82 Å². The summed E-state index contributed by atoms with van der Waals surface area (Å²) in [4.78, 5) is 14.9. The van der Waals surface area contributed by atoms with Crippen LogP contribution in [0.25, 0.3) is 11.4 Å². The van der Waals surface area contributed by atoms with Crippen molar-refractivity contribution >= 4 is 23.2 Å². The standard InChI is InChI=1S/C22H25FN4OS/c1-5-27(6-2)19-13-9-17(10-14-19)21-24-25-22(26(21)4)29-15(3)20(28)16-7-11-18(23)12-8-16/h7-15H,5-6H2,1-4H3. The summed E-state index contributed by atoms with van der Waals surface area (Å²) in [6.07, 6.45) is 0. The van der Waals surface area contributed by atoms with Gasteiger partial charge in [-0.15, -0.1) is 10.2 Å². The molecule has 3 rings (SSSR count). The van der Waals surface area contributed by atoms with Crippen molar-refractivity contribution in [3.05, 3.63) is 59.9 Å². The fourth-order valence-electron chi connectivity index (χ4n) is 3.14. The maximum Gasteiger partial charge on any atom is 0.191 e. The molecule has 3 aromatic rings. The Labute approximate surface area is 175 Å². The molecule has 2 aromatic carbocycles. The Hall–Kier alpha value is -2.67. The van der Waals surface area contributed by atoms with Gasteiger partial charge in [0.05, 0.1) is 5.25 Å². The van der Waals surface area contributed by atoms with Gasteiger partial charge in [-0.2, -0.15) is 0 Å². The van der Waals surface area contributed by atoms with E-state index in [-0.39, 0.29) is 16.9 Å². The normalized spacial score (nSPS) is 12.0. The number of carbonyl (C=O) groups excluding carboxylic acids is 1. The van der Waals surface area contributed by atoms with Crippen LogP contribution in [0.4, 0.5) is 10.1 Å². The van der Waals surface area contributed by atoms with Crippen molar-refractivity contribution in [2.75, 3.05) is 18.0 Å². The van der Waals surface area contributed by atoms with Gasteiger partial charge in [0.15, 0.2) is 16.8 Å². The minimum absolute atomic E-state index is 0.0666. The highest BCUT2D eigenvalue weighted by Crippen LogP contribution is 2.28. The average molecular weight is 413 g/mol. The number of Topliss-reactive ketones (excluding diaryl/α,β-unsaturated/α-hetero) is 1. The second-order valence-corrected chi connectivity index (χ2v) is 8.02.